The van der Waals surface area contributed by atoms with E-state index in [1.165, 1.54) is 38.6 Å². The third-order valence-electron chi connectivity index (χ3n) is 7.62. The van der Waals surface area contributed by atoms with E-state index in [9.17, 15) is 0 Å². The van der Waals surface area contributed by atoms with Crippen molar-refractivity contribution in [2.75, 3.05) is 0 Å². The molecule has 6 aromatic carbocycles. The van der Waals surface area contributed by atoms with Crippen LogP contribution in [0.4, 0.5) is 0 Å². The molecule has 178 valence electrons. The van der Waals surface area contributed by atoms with Crippen LogP contribution < -0.4 is 0 Å². The maximum atomic E-state index is 6.13. The molecule has 0 atom stereocenters. The predicted octanol–water partition coefficient (Wildman–Crippen LogP) is 9.48. The largest absolute Gasteiger partial charge is 0.456 e. The van der Waals surface area contributed by atoms with E-state index >= 15 is 0 Å². The van der Waals surface area contributed by atoms with Gasteiger partial charge in [-0.25, -0.2) is 0 Å². The summed E-state index contributed by atoms with van der Waals surface area (Å²) < 4.78 is 6.13. The Hall–Kier alpha value is -5.02. The number of nitrogens with zero attached hydrogens (tertiary/aromatic N) is 2. The Labute approximate surface area is 219 Å². The van der Waals surface area contributed by atoms with Crippen molar-refractivity contribution in [3.05, 3.63) is 121 Å². The van der Waals surface area contributed by atoms with Gasteiger partial charge in [0.25, 0.3) is 0 Å². The minimum atomic E-state index is 0.914. The van der Waals surface area contributed by atoms with E-state index in [2.05, 4.69) is 115 Å². The van der Waals surface area contributed by atoms with Gasteiger partial charge in [-0.05, 0) is 70.3 Å². The fourth-order valence-corrected chi connectivity index (χ4v) is 5.84. The molecule has 3 heteroatoms. The van der Waals surface area contributed by atoms with E-state index in [1.807, 2.05) is 0 Å². The van der Waals surface area contributed by atoms with Gasteiger partial charge >= 0.3 is 0 Å². The number of rotatable bonds is 2. The quantitative estimate of drug-likeness (QED) is 0.228. The molecule has 0 aliphatic rings. The van der Waals surface area contributed by atoms with E-state index in [1.54, 1.807) is 12.4 Å². The fraction of sp³-hybridized carbons (Fsp3) is 0.0286. The first kappa shape index (κ1) is 21.1. The van der Waals surface area contributed by atoms with Crippen LogP contribution in [0.5, 0.6) is 0 Å². The van der Waals surface area contributed by atoms with E-state index < -0.39 is 0 Å². The lowest BCUT2D eigenvalue weighted by Gasteiger charge is -2.13. The maximum absolute atomic E-state index is 6.13. The van der Waals surface area contributed by atoms with Gasteiger partial charge in [0.2, 0.25) is 0 Å². The van der Waals surface area contributed by atoms with Gasteiger partial charge in [0, 0.05) is 33.9 Å². The molecular weight excluding hydrogens is 464 g/mol. The molecule has 8 aromatic rings. The summed E-state index contributed by atoms with van der Waals surface area (Å²) in [5.41, 5.74) is 9.69. The molecule has 0 N–H and O–H groups in total. The van der Waals surface area contributed by atoms with Crippen molar-refractivity contribution in [3.8, 4) is 22.3 Å². The summed E-state index contributed by atoms with van der Waals surface area (Å²) in [4.78, 5) is 9.38. The number of aromatic nitrogens is 2. The predicted molar refractivity (Wildman–Crippen MR) is 157 cm³/mol. The van der Waals surface area contributed by atoms with E-state index in [-0.39, 0.29) is 0 Å². The molecular formula is C35H22N2O. The Morgan fingerprint density at radius 2 is 1.03 bits per heavy atom. The topological polar surface area (TPSA) is 38.9 Å². The highest BCUT2D eigenvalue weighted by atomic mass is 16.3. The van der Waals surface area contributed by atoms with Crippen molar-refractivity contribution in [2.24, 2.45) is 0 Å². The normalized spacial score (nSPS) is 11.8. The summed E-state index contributed by atoms with van der Waals surface area (Å²) in [5, 5.41) is 6.93. The molecule has 0 aliphatic heterocycles. The van der Waals surface area contributed by atoms with Crippen molar-refractivity contribution in [1.29, 1.82) is 0 Å². The van der Waals surface area contributed by atoms with Gasteiger partial charge in [-0.2, -0.15) is 0 Å². The monoisotopic (exact) mass is 486 g/mol. The third kappa shape index (κ3) is 3.09. The average Bonchev–Trinajstić information content (AvgIpc) is 3.34. The van der Waals surface area contributed by atoms with Gasteiger partial charge in [-0.3, -0.25) is 9.97 Å². The SMILES string of the molecule is Cc1ccc2oc3ccc(-c4ccccc4-c4ccc5c(c4)c4ccccc4c4nccnc54)cc3c2c1. The van der Waals surface area contributed by atoms with Crippen LogP contribution in [0.2, 0.25) is 0 Å². The molecule has 0 saturated heterocycles. The van der Waals surface area contributed by atoms with Gasteiger partial charge in [-0.1, -0.05) is 78.4 Å². The zero-order valence-electron chi connectivity index (χ0n) is 20.8. The summed E-state index contributed by atoms with van der Waals surface area (Å²) in [6.45, 7) is 2.12. The molecule has 3 nitrogen and oxygen atoms in total. The zero-order chi connectivity index (χ0) is 25.2. The highest BCUT2D eigenvalue weighted by Crippen LogP contribution is 2.39. The molecule has 0 aliphatic carbocycles. The van der Waals surface area contributed by atoms with E-state index in [0.717, 1.165) is 43.7 Å². The van der Waals surface area contributed by atoms with Crippen molar-refractivity contribution >= 4 is 54.5 Å². The Kier molecular flexibility index (Phi) is 4.44. The minimum absolute atomic E-state index is 0.914. The summed E-state index contributed by atoms with van der Waals surface area (Å²) in [7, 11) is 0. The number of furan rings is 1. The van der Waals surface area contributed by atoms with Crippen LogP contribution in [0.3, 0.4) is 0 Å². The smallest absolute Gasteiger partial charge is 0.135 e. The molecule has 38 heavy (non-hydrogen) atoms. The molecule has 0 spiro atoms. The summed E-state index contributed by atoms with van der Waals surface area (Å²) in [6, 6.07) is 36.7. The van der Waals surface area contributed by atoms with Crippen LogP contribution in [-0.4, -0.2) is 9.97 Å². The number of hydrogen-bond acceptors (Lipinski definition) is 3. The zero-order valence-corrected chi connectivity index (χ0v) is 20.8. The molecule has 0 saturated carbocycles. The Balaban J connectivity index is 1.37. The first-order valence-electron chi connectivity index (χ1n) is 12.8. The lowest BCUT2D eigenvalue weighted by molar-refractivity contribution is 0.669. The van der Waals surface area contributed by atoms with Crippen molar-refractivity contribution in [2.45, 2.75) is 6.92 Å². The number of benzene rings is 6. The molecule has 8 rings (SSSR count). The first-order chi connectivity index (χ1) is 18.7. The van der Waals surface area contributed by atoms with Crippen LogP contribution in [0.1, 0.15) is 5.56 Å². The van der Waals surface area contributed by atoms with Crippen LogP contribution >= 0.6 is 0 Å². The fourth-order valence-electron chi connectivity index (χ4n) is 5.84. The van der Waals surface area contributed by atoms with Crippen LogP contribution in [0, 0.1) is 6.92 Å². The molecule has 2 aromatic heterocycles. The second kappa shape index (κ2) is 7.99. The Morgan fingerprint density at radius 1 is 0.474 bits per heavy atom. The third-order valence-corrected chi connectivity index (χ3v) is 7.62. The maximum Gasteiger partial charge on any atom is 0.135 e. The highest BCUT2D eigenvalue weighted by Gasteiger charge is 2.14. The van der Waals surface area contributed by atoms with Crippen molar-refractivity contribution < 1.29 is 4.42 Å². The van der Waals surface area contributed by atoms with Gasteiger partial charge in [0.05, 0.1) is 11.0 Å². The van der Waals surface area contributed by atoms with E-state index in [0.29, 0.717) is 0 Å². The molecule has 0 fully saturated rings. The van der Waals surface area contributed by atoms with Gasteiger partial charge in [0.1, 0.15) is 11.2 Å². The molecule has 0 radical (unpaired) electrons. The second-order valence-electron chi connectivity index (χ2n) is 9.92. The summed E-state index contributed by atoms with van der Waals surface area (Å²) in [5.74, 6) is 0. The second-order valence-corrected chi connectivity index (χ2v) is 9.92. The molecule has 0 bridgehead atoms. The number of aryl methyl sites for hydroxylation is 1. The van der Waals surface area contributed by atoms with Crippen LogP contribution in [0.25, 0.3) is 76.8 Å². The summed E-state index contributed by atoms with van der Waals surface area (Å²) >= 11 is 0. The number of hydrogen-bond donors (Lipinski definition) is 0. The highest BCUT2D eigenvalue weighted by molar-refractivity contribution is 6.23. The van der Waals surface area contributed by atoms with Crippen molar-refractivity contribution in [1.82, 2.24) is 9.97 Å². The Morgan fingerprint density at radius 3 is 1.76 bits per heavy atom. The van der Waals surface area contributed by atoms with Crippen LogP contribution in [-0.2, 0) is 0 Å². The van der Waals surface area contributed by atoms with E-state index in [4.69, 9.17) is 9.40 Å². The minimum Gasteiger partial charge on any atom is -0.456 e. The van der Waals surface area contributed by atoms with Gasteiger partial charge < -0.3 is 4.42 Å². The molecule has 0 unspecified atom stereocenters. The lowest BCUT2D eigenvalue weighted by Crippen LogP contribution is -1.90. The van der Waals surface area contributed by atoms with Crippen LogP contribution in [0.15, 0.2) is 120 Å². The first-order valence-corrected chi connectivity index (χ1v) is 12.8. The lowest BCUT2D eigenvalue weighted by atomic mass is 9.91. The number of fused-ring (bicyclic) bond motifs is 9. The standard InChI is InChI=1S/C35H22N2O/c1-21-10-14-32-30(18-21)31-20-23(12-15-33(31)38-32)25-7-3-2-6-24(25)22-11-13-28-29(19-22)26-8-4-5-9-27(26)34-35(28)37-17-16-36-34/h2-20H,1H3. The van der Waals surface area contributed by atoms with Gasteiger partial charge in [0.15, 0.2) is 0 Å². The molecule has 0 amide bonds. The van der Waals surface area contributed by atoms with Gasteiger partial charge in [-0.15, -0.1) is 0 Å². The average molecular weight is 487 g/mol. The van der Waals surface area contributed by atoms with Crippen molar-refractivity contribution in [3.63, 3.8) is 0 Å². The summed E-state index contributed by atoms with van der Waals surface area (Å²) in [6.07, 6.45) is 3.55. The molecule has 2 heterocycles. The Bertz CT molecular complexity index is 2170.